The first-order valence-electron chi connectivity index (χ1n) is 8.07. The van der Waals surface area contributed by atoms with Crippen LogP contribution in [0.4, 0.5) is 13.2 Å². The van der Waals surface area contributed by atoms with Gasteiger partial charge in [0.1, 0.15) is 6.54 Å². The van der Waals surface area contributed by atoms with E-state index in [4.69, 9.17) is 0 Å². The maximum absolute atomic E-state index is 12.6. The number of hydrogen-bond donors (Lipinski definition) is 2. The molecule has 1 unspecified atom stereocenters. The highest BCUT2D eigenvalue weighted by Crippen LogP contribution is 2.28. The molecule has 0 heterocycles. The van der Waals surface area contributed by atoms with Crippen molar-refractivity contribution in [2.24, 2.45) is 0 Å². The van der Waals surface area contributed by atoms with E-state index in [2.05, 4.69) is 5.32 Å². The van der Waals surface area contributed by atoms with Crippen molar-refractivity contribution < 1.29 is 22.9 Å². The summed E-state index contributed by atoms with van der Waals surface area (Å²) < 4.78 is 37.7. The fraction of sp³-hybridized carbons (Fsp3) is 0.316. The molecule has 0 aromatic heterocycles. The zero-order chi connectivity index (χ0) is 18.4. The summed E-state index contributed by atoms with van der Waals surface area (Å²) in [5, 5.41) is 2.93. The van der Waals surface area contributed by atoms with E-state index in [-0.39, 0.29) is 18.5 Å². The monoisotopic (exact) mass is 351 g/mol. The molecule has 0 aliphatic heterocycles. The number of halogens is 3. The molecule has 0 radical (unpaired) electrons. The third kappa shape index (κ3) is 5.90. The molecule has 0 saturated carbocycles. The number of likely N-dealkylation sites (N-methyl/N-ethyl adjacent to an activating group) is 1. The Bertz CT molecular complexity index is 684. The van der Waals surface area contributed by atoms with Crippen molar-refractivity contribution in [3.8, 4) is 0 Å². The van der Waals surface area contributed by atoms with Gasteiger partial charge in [-0.25, -0.2) is 0 Å². The van der Waals surface area contributed by atoms with E-state index in [1.165, 1.54) is 12.1 Å². The average Bonchev–Trinajstić information content (AvgIpc) is 2.55. The standard InChI is InChI=1S/C19H21F3N2O/c1-14(16-6-4-3-5-7-16)23-18(25)13-24(2)12-15-8-10-17(11-9-15)19(20,21)22/h3-11,14H,12-13H2,1-2H3,(H,23,25)/p+1/t14-/m0/s1. The van der Waals surface area contributed by atoms with E-state index in [0.717, 1.165) is 28.2 Å². The van der Waals surface area contributed by atoms with Crippen LogP contribution in [-0.2, 0) is 17.5 Å². The smallest absolute Gasteiger partial charge is 0.345 e. The molecule has 3 nitrogen and oxygen atoms in total. The van der Waals surface area contributed by atoms with Crippen LogP contribution in [0.25, 0.3) is 0 Å². The molecule has 1 amide bonds. The molecule has 0 saturated heterocycles. The molecule has 6 heteroatoms. The van der Waals surface area contributed by atoms with Gasteiger partial charge in [0.05, 0.1) is 18.7 Å². The molecular formula is C19H22F3N2O+. The molecule has 0 spiro atoms. The fourth-order valence-corrected chi connectivity index (χ4v) is 2.61. The Morgan fingerprint density at radius 1 is 1.08 bits per heavy atom. The predicted octanol–water partition coefficient (Wildman–Crippen LogP) is 2.60. The molecular weight excluding hydrogens is 329 g/mol. The van der Waals surface area contributed by atoms with Crippen LogP contribution in [0.2, 0.25) is 0 Å². The van der Waals surface area contributed by atoms with Crippen molar-refractivity contribution >= 4 is 5.91 Å². The topological polar surface area (TPSA) is 33.5 Å². The number of nitrogens with one attached hydrogen (secondary N) is 2. The molecule has 0 aliphatic carbocycles. The summed E-state index contributed by atoms with van der Waals surface area (Å²) in [5.74, 6) is -0.0965. The first-order valence-corrected chi connectivity index (χ1v) is 8.07. The van der Waals surface area contributed by atoms with Gasteiger partial charge in [-0.3, -0.25) is 4.79 Å². The van der Waals surface area contributed by atoms with E-state index in [1.807, 2.05) is 44.3 Å². The molecule has 0 bridgehead atoms. The quantitative estimate of drug-likeness (QED) is 0.824. The zero-order valence-electron chi connectivity index (χ0n) is 14.2. The second kappa shape index (κ2) is 8.16. The molecule has 25 heavy (non-hydrogen) atoms. The molecule has 0 fully saturated rings. The number of amides is 1. The number of carbonyl (C=O) groups excluding carboxylic acids is 1. The Labute approximate surface area is 145 Å². The van der Waals surface area contributed by atoms with E-state index in [0.29, 0.717) is 6.54 Å². The van der Waals surface area contributed by atoms with Crippen LogP contribution in [0, 0.1) is 0 Å². The molecule has 2 N–H and O–H groups in total. The average molecular weight is 351 g/mol. The molecule has 0 aliphatic rings. The van der Waals surface area contributed by atoms with Crippen LogP contribution in [-0.4, -0.2) is 19.5 Å². The van der Waals surface area contributed by atoms with Gasteiger partial charge in [-0.2, -0.15) is 13.2 Å². The van der Waals surface area contributed by atoms with Gasteiger partial charge in [-0.15, -0.1) is 0 Å². The van der Waals surface area contributed by atoms with Crippen molar-refractivity contribution in [1.82, 2.24) is 5.32 Å². The van der Waals surface area contributed by atoms with Crippen molar-refractivity contribution in [2.75, 3.05) is 13.6 Å². The van der Waals surface area contributed by atoms with Gasteiger partial charge < -0.3 is 10.2 Å². The van der Waals surface area contributed by atoms with Crippen molar-refractivity contribution in [2.45, 2.75) is 25.7 Å². The van der Waals surface area contributed by atoms with Crippen molar-refractivity contribution in [3.63, 3.8) is 0 Å². The summed E-state index contributed by atoms with van der Waals surface area (Å²) in [5.41, 5.74) is 1.12. The maximum atomic E-state index is 12.6. The number of quaternary nitrogens is 1. The highest BCUT2D eigenvalue weighted by atomic mass is 19.4. The van der Waals surface area contributed by atoms with Crippen LogP contribution in [0.1, 0.15) is 29.7 Å². The summed E-state index contributed by atoms with van der Waals surface area (Å²) in [4.78, 5) is 13.0. The zero-order valence-corrected chi connectivity index (χ0v) is 14.2. The van der Waals surface area contributed by atoms with Gasteiger partial charge in [0.25, 0.3) is 5.91 Å². The van der Waals surface area contributed by atoms with E-state index in [1.54, 1.807) is 0 Å². The summed E-state index contributed by atoms with van der Waals surface area (Å²) in [6.45, 7) is 2.64. The van der Waals surface area contributed by atoms with Gasteiger partial charge in [0.2, 0.25) is 0 Å². The lowest BCUT2D eigenvalue weighted by atomic mass is 10.1. The van der Waals surface area contributed by atoms with Crippen LogP contribution in [0.3, 0.4) is 0 Å². The first-order chi connectivity index (χ1) is 11.8. The van der Waals surface area contributed by atoms with Gasteiger partial charge in [0, 0.05) is 5.56 Å². The van der Waals surface area contributed by atoms with Gasteiger partial charge in [-0.05, 0) is 24.6 Å². The van der Waals surface area contributed by atoms with Crippen LogP contribution in [0.15, 0.2) is 54.6 Å². The lowest BCUT2D eigenvalue weighted by molar-refractivity contribution is -0.885. The fourth-order valence-electron chi connectivity index (χ4n) is 2.61. The third-order valence-electron chi connectivity index (χ3n) is 3.93. The Kier molecular flexibility index (Phi) is 6.20. The molecule has 134 valence electrons. The second-order valence-electron chi connectivity index (χ2n) is 6.21. The number of rotatable bonds is 6. The normalized spacial score (nSPS) is 14.0. The highest BCUT2D eigenvalue weighted by Gasteiger charge is 2.30. The lowest BCUT2D eigenvalue weighted by Crippen LogP contribution is -3.08. The van der Waals surface area contributed by atoms with E-state index >= 15 is 0 Å². The second-order valence-corrected chi connectivity index (χ2v) is 6.21. The molecule has 2 atom stereocenters. The Morgan fingerprint density at radius 3 is 2.24 bits per heavy atom. The van der Waals surface area contributed by atoms with Gasteiger partial charge in [-0.1, -0.05) is 42.5 Å². The SMILES string of the molecule is C[C@H](NC(=O)C[NH+](C)Cc1ccc(C(F)(F)F)cc1)c1ccccc1. The predicted molar refractivity (Wildman–Crippen MR) is 89.9 cm³/mol. The number of hydrogen-bond acceptors (Lipinski definition) is 1. The Hall–Kier alpha value is -2.34. The van der Waals surface area contributed by atoms with E-state index in [9.17, 15) is 18.0 Å². The molecule has 2 aromatic rings. The minimum absolute atomic E-state index is 0.0902. The van der Waals surface area contributed by atoms with E-state index < -0.39 is 11.7 Å². The largest absolute Gasteiger partial charge is 0.416 e. The van der Waals surface area contributed by atoms with Crippen molar-refractivity contribution in [1.29, 1.82) is 0 Å². The highest BCUT2D eigenvalue weighted by molar-refractivity contribution is 5.77. The maximum Gasteiger partial charge on any atom is 0.416 e. The molecule has 2 rings (SSSR count). The van der Waals surface area contributed by atoms with Gasteiger partial charge >= 0.3 is 6.18 Å². The minimum Gasteiger partial charge on any atom is -0.345 e. The Morgan fingerprint density at radius 2 is 1.68 bits per heavy atom. The molecule has 2 aromatic carbocycles. The van der Waals surface area contributed by atoms with Crippen LogP contribution in [0.5, 0.6) is 0 Å². The first kappa shape index (κ1) is 19.0. The van der Waals surface area contributed by atoms with Gasteiger partial charge in [0.15, 0.2) is 6.54 Å². The van der Waals surface area contributed by atoms with Crippen LogP contribution >= 0.6 is 0 Å². The summed E-state index contributed by atoms with van der Waals surface area (Å²) >= 11 is 0. The summed E-state index contributed by atoms with van der Waals surface area (Å²) in [7, 11) is 1.84. The summed E-state index contributed by atoms with van der Waals surface area (Å²) in [6.07, 6.45) is -4.33. The number of alkyl halides is 3. The number of benzene rings is 2. The minimum atomic E-state index is -4.33. The van der Waals surface area contributed by atoms with Crippen molar-refractivity contribution in [3.05, 3.63) is 71.3 Å². The third-order valence-corrected chi connectivity index (χ3v) is 3.93. The lowest BCUT2D eigenvalue weighted by Gasteiger charge is -2.17. The summed E-state index contributed by atoms with van der Waals surface area (Å²) in [6, 6.07) is 14.6. The number of carbonyl (C=O) groups is 1. The Balaban J connectivity index is 1.85. The van der Waals surface area contributed by atoms with Crippen LogP contribution < -0.4 is 10.2 Å².